The fourth-order valence-electron chi connectivity index (χ4n) is 0.726. The molecular weight excluding hydrogens is 230 g/mol. The summed E-state index contributed by atoms with van der Waals surface area (Å²) >= 11 is 3.30. The SMILES string of the molecule is C/C(=N\c1cccc(Br)n1)N(C)C. The third kappa shape index (κ3) is 3.14. The van der Waals surface area contributed by atoms with Crippen molar-refractivity contribution in [3.8, 4) is 0 Å². The molecule has 1 heterocycles. The first kappa shape index (κ1) is 10.2. The second-order valence-electron chi connectivity index (χ2n) is 2.87. The molecule has 0 bridgehead atoms. The van der Waals surface area contributed by atoms with Gasteiger partial charge in [-0.2, -0.15) is 0 Å². The zero-order valence-corrected chi connectivity index (χ0v) is 9.54. The van der Waals surface area contributed by atoms with Crippen LogP contribution in [-0.2, 0) is 0 Å². The van der Waals surface area contributed by atoms with Gasteiger partial charge in [0.2, 0.25) is 0 Å². The number of amidine groups is 1. The topological polar surface area (TPSA) is 28.5 Å². The Kier molecular flexibility index (Phi) is 3.42. The number of nitrogens with zero attached hydrogens (tertiary/aromatic N) is 3. The standard InChI is InChI=1S/C9H12BrN3/c1-7(13(2)3)11-9-6-4-5-8(10)12-9/h4-6H,1-3H3/b11-7+. The Morgan fingerprint density at radius 3 is 2.69 bits per heavy atom. The molecular formula is C9H12BrN3. The molecule has 0 aliphatic rings. The van der Waals surface area contributed by atoms with Crippen molar-refractivity contribution in [2.75, 3.05) is 14.1 Å². The van der Waals surface area contributed by atoms with E-state index in [1.807, 2.05) is 44.1 Å². The predicted molar refractivity (Wildman–Crippen MR) is 58.4 cm³/mol. The van der Waals surface area contributed by atoms with Gasteiger partial charge in [-0.05, 0) is 35.0 Å². The highest BCUT2D eigenvalue weighted by Crippen LogP contribution is 2.13. The molecule has 0 aliphatic carbocycles. The smallest absolute Gasteiger partial charge is 0.155 e. The van der Waals surface area contributed by atoms with E-state index >= 15 is 0 Å². The van der Waals surface area contributed by atoms with E-state index in [4.69, 9.17) is 0 Å². The summed E-state index contributed by atoms with van der Waals surface area (Å²) in [6.45, 7) is 1.95. The quantitative estimate of drug-likeness (QED) is 0.430. The number of hydrogen-bond donors (Lipinski definition) is 0. The fraction of sp³-hybridized carbons (Fsp3) is 0.333. The van der Waals surface area contributed by atoms with E-state index in [1.165, 1.54) is 0 Å². The third-order valence-corrected chi connectivity index (χ3v) is 2.07. The van der Waals surface area contributed by atoms with Crippen LogP contribution in [-0.4, -0.2) is 29.8 Å². The van der Waals surface area contributed by atoms with Crippen LogP contribution in [0, 0.1) is 0 Å². The zero-order chi connectivity index (χ0) is 9.84. The number of aromatic nitrogens is 1. The lowest BCUT2D eigenvalue weighted by molar-refractivity contribution is 0.618. The van der Waals surface area contributed by atoms with Crippen molar-refractivity contribution >= 4 is 27.6 Å². The largest absolute Gasteiger partial charge is 0.366 e. The van der Waals surface area contributed by atoms with E-state index in [0.29, 0.717) is 0 Å². The monoisotopic (exact) mass is 241 g/mol. The minimum Gasteiger partial charge on any atom is -0.366 e. The van der Waals surface area contributed by atoms with Gasteiger partial charge in [0.1, 0.15) is 10.4 Å². The fourth-order valence-corrected chi connectivity index (χ4v) is 1.06. The van der Waals surface area contributed by atoms with E-state index in [0.717, 1.165) is 16.3 Å². The average Bonchev–Trinajstić information content (AvgIpc) is 2.04. The predicted octanol–water partition coefficient (Wildman–Crippen LogP) is 2.46. The highest BCUT2D eigenvalue weighted by molar-refractivity contribution is 9.10. The van der Waals surface area contributed by atoms with Crippen molar-refractivity contribution in [1.82, 2.24) is 9.88 Å². The number of hydrogen-bond acceptors (Lipinski definition) is 2. The highest BCUT2D eigenvalue weighted by Gasteiger charge is 1.95. The van der Waals surface area contributed by atoms with Gasteiger partial charge in [-0.15, -0.1) is 0 Å². The summed E-state index contributed by atoms with van der Waals surface area (Å²) in [6, 6.07) is 5.67. The zero-order valence-electron chi connectivity index (χ0n) is 7.95. The van der Waals surface area contributed by atoms with E-state index in [-0.39, 0.29) is 0 Å². The summed E-state index contributed by atoms with van der Waals surface area (Å²) < 4.78 is 0.806. The minimum absolute atomic E-state index is 0.723. The van der Waals surface area contributed by atoms with Gasteiger partial charge in [-0.3, -0.25) is 0 Å². The van der Waals surface area contributed by atoms with Crippen LogP contribution in [0.15, 0.2) is 27.8 Å². The van der Waals surface area contributed by atoms with Crippen LogP contribution in [0.2, 0.25) is 0 Å². The first-order valence-corrected chi connectivity index (χ1v) is 4.74. The van der Waals surface area contributed by atoms with Gasteiger partial charge in [0.15, 0.2) is 5.82 Å². The maximum atomic E-state index is 4.32. The van der Waals surface area contributed by atoms with Crippen molar-refractivity contribution in [3.63, 3.8) is 0 Å². The molecule has 0 amide bonds. The lowest BCUT2D eigenvalue weighted by atomic mass is 10.5. The lowest BCUT2D eigenvalue weighted by Crippen LogP contribution is -2.17. The van der Waals surface area contributed by atoms with E-state index in [1.54, 1.807) is 0 Å². The van der Waals surface area contributed by atoms with Gasteiger partial charge in [-0.1, -0.05) is 6.07 Å². The molecule has 0 spiro atoms. The molecule has 13 heavy (non-hydrogen) atoms. The van der Waals surface area contributed by atoms with Crippen LogP contribution in [0.4, 0.5) is 5.82 Å². The first-order chi connectivity index (χ1) is 6.09. The van der Waals surface area contributed by atoms with Crippen molar-refractivity contribution in [2.24, 2.45) is 4.99 Å². The van der Waals surface area contributed by atoms with Crippen LogP contribution in [0.5, 0.6) is 0 Å². The summed E-state index contributed by atoms with van der Waals surface area (Å²) in [7, 11) is 3.91. The number of rotatable bonds is 1. The summed E-state index contributed by atoms with van der Waals surface area (Å²) in [5, 5.41) is 0. The molecule has 0 saturated carbocycles. The second kappa shape index (κ2) is 4.37. The summed E-state index contributed by atoms with van der Waals surface area (Å²) in [5.41, 5.74) is 0. The molecule has 0 saturated heterocycles. The lowest BCUT2D eigenvalue weighted by Gasteiger charge is -2.10. The molecule has 0 radical (unpaired) electrons. The van der Waals surface area contributed by atoms with Crippen molar-refractivity contribution in [2.45, 2.75) is 6.92 Å². The molecule has 1 aromatic heterocycles. The Labute approximate surface area is 86.6 Å². The van der Waals surface area contributed by atoms with Gasteiger partial charge in [0.05, 0.1) is 0 Å². The molecule has 1 aromatic rings. The summed E-state index contributed by atoms with van der Waals surface area (Å²) in [4.78, 5) is 10.5. The van der Waals surface area contributed by atoms with Crippen LogP contribution < -0.4 is 0 Å². The van der Waals surface area contributed by atoms with Crippen molar-refractivity contribution in [3.05, 3.63) is 22.8 Å². The van der Waals surface area contributed by atoms with Gasteiger partial charge in [0, 0.05) is 14.1 Å². The van der Waals surface area contributed by atoms with Gasteiger partial charge >= 0.3 is 0 Å². The molecule has 0 unspecified atom stereocenters. The Bertz CT molecular complexity index is 320. The minimum atomic E-state index is 0.723. The molecule has 3 nitrogen and oxygen atoms in total. The van der Waals surface area contributed by atoms with Gasteiger partial charge in [-0.25, -0.2) is 9.98 Å². The average molecular weight is 242 g/mol. The second-order valence-corrected chi connectivity index (χ2v) is 3.68. The Morgan fingerprint density at radius 1 is 1.46 bits per heavy atom. The summed E-state index contributed by atoms with van der Waals surface area (Å²) in [5.74, 6) is 1.66. The molecule has 4 heteroatoms. The maximum absolute atomic E-state index is 4.32. The van der Waals surface area contributed by atoms with Crippen LogP contribution in [0.1, 0.15) is 6.92 Å². The molecule has 70 valence electrons. The van der Waals surface area contributed by atoms with Crippen molar-refractivity contribution < 1.29 is 0 Å². The molecule has 1 rings (SSSR count). The molecule has 0 fully saturated rings. The maximum Gasteiger partial charge on any atom is 0.155 e. The van der Waals surface area contributed by atoms with Gasteiger partial charge < -0.3 is 4.90 Å². The Morgan fingerprint density at radius 2 is 2.15 bits per heavy atom. The Balaban J connectivity index is 2.91. The third-order valence-electron chi connectivity index (χ3n) is 1.62. The van der Waals surface area contributed by atoms with Crippen LogP contribution in [0.25, 0.3) is 0 Å². The highest BCUT2D eigenvalue weighted by atomic mass is 79.9. The van der Waals surface area contributed by atoms with Crippen molar-refractivity contribution in [1.29, 1.82) is 0 Å². The first-order valence-electron chi connectivity index (χ1n) is 3.95. The van der Waals surface area contributed by atoms with Crippen LogP contribution >= 0.6 is 15.9 Å². The summed E-state index contributed by atoms with van der Waals surface area (Å²) in [6.07, 6.45) is 0. The number of halogens is 1. The van der Waals surface area contributed by atoms with Gasteiger partial charge in [0.25, 0.3) is 0 Å². The molecule has 0 aromatic carbocycles. The van der Waals surface area contributed by atoms with Crippen LogP contribution in [0.3, 0.4) is 0 Å². The molecule has 0 aliphatic heterocycles. The van der Waals surface area contributed by atoms with E-state index < -0.39 is 0 Å². The molecule has 0 N–H and O–H groups in total. The van der Waals surface area contributed by atoms with E-state index in [9.17, 15) is 0 Å². The van der Waals surface area contributed by atoms with E-state index in [2.05, 4.69) is 25.9 Å². The number of aliphatic imine (C=N–C) groups is 1. The Hall–Kier alpha value is -0.900. The molecule has 0 atom stereocenters. The normalized spacial score (nSPS) is 11.5. The number of pyridine rings is 1.